The van der Waals surface area contributed by atoms with Crippen molar-refractivity contribution in [2.45, 2.75) is 44.9 Å². The van der Waals surface area contributed by atoms with Crippen LogP contribution in [0, 0.1) is 0 Å². The average Bonchev–Trinajstić information content (AvgIpc) is 3.12. The summed E-state index contributed by atoms with van der Waals surface area (Å²) < 4.78 is 12.9. The van der Waals surface area contributed by atoms with Gasteiger partial charge in [-0.15, -0.1) is 0 Å². The van der Waals surface area contributed by atoms with Crippen LogP contribution in [0.1, 0.15) is 25.5 Å². The van der Waals surface area contributed by atoms with Crippen LogP contribution in [0.2, 0.25) is 0 Å². The zero-order valence-electron chi connectivity index (χ0n) is 11.8. The lowest BCUT2D eigenvalue weighted by atomic mass is 10.2. The van der Waals surface area contributed by atoms with Crippen LogP contribution in [0.4, 0.5) is 5.69 Å². The highest BCUT2D eigenvalue weighted by Crippen LogP contribution is 2.16. The number of hydrogen-bond acceptors (Lipinski definition) is 4. The number of nitrogens with one attached hydrogen (secondary N) is 1. The summed E-state index contributed by atoms with van der Waals surface area (Å²) in [4.78, 5) is 0. The van der Waals surface area contributed by atoms with Crippen molar-refractivity contribution in [3.05, 3.63) is 36.5 Å². The Morgan fingerprint density at radius 1 is 1.55 bits per heavy atom. The van der Waals surface area contributed by atoms with Crippen LogP contribution in [0.15, 0.2) is 35.2 Å². The summed E-state index contributed by atoms with van der Waals surface area (Å²) in [6.07, 6.45) is 9.11. The van der Waals surface area contributed by atoms with Crippen LogP contribution in [-0.2, 0) is 17.7 Å². The first-order valence-electron chi connectivity index (χ1n) is 7.22. The Bertz CT molecular complexity index is 515. The zero-order chi connectivity index (χ0) is 13.8. The molecule has 5 nitrogen and oxygen atoms in total. The van der Waals surface area contributed by atoms with Crippen molar-refractivity contribution in [2.75, 3.05) is 11.9 Å². The van der Waals surface area contributed by atoms with Gasteiger partial charge in [-0.3, -0.25) is 4.68 Å². The van der Waals surface area contributed by atoms with Crippen LogP contribution >= 0.6 is 0 Å². The maximum Gasteiger partial charge on any atom is 0.105 e. The van der Waals surface area contributed by atoms with Gasteiger partial charge in [0.15, 0.2) is 0 Å². The number of rotatable bonds is 6. The third-order valence-corrected chi connectivity index (χ3v) is 3.55. The van der Waals surface area contributed by atoms with E-state index in [2.05, 4.69) is 17.3 Å². The molecule has 2 aromatic heterocycles. The Balaban J connectivity index is 1.51. The molecule has 0 spiro atoms. The van der Waals surface area contributed by atoms with Gasteiger partial charge in [-0.2, -0.15) is 5.10 Å². The molecular formula is C15H21N3O2. The van der Waals surface area contributed by atoms with E-state index in [4.69, 9.17) is 9.15 Å². The first kappa shape index (κ1) is 13.2. The Hall–Kier alpha value is -1.75. The number of furan rings is 1. The molecule has 20 heavy (non-hydrogen) atoms. The molecule has 3 rings (SSSR count). The minimum Gasteiger partial charge on any atom is -0.469 e. The van der Waals surface area contributed by atoms with Crippen molar-refractivity contribution < 1.29 is 9.15 Å². The van der Waals surface area contributed by atoms with Crippen LogP contribution in [0.25, 0.3) is 0 Å². The lowest BCUT2D eigenvalue weighted by Gasteiger charge is -2.12. The van der Waals surface area contributed by atoms with Gasteiger partial charge in [0.25, 0.3) is 0 Å². The summed E-state index contributed by atoms with van der Waals surface area (Å²) in [5.74, 6) is 0.997. The average molecular weight is 275 g/mol. The van der Waals surface area contributed by atoms with Crippen molar-refractivity contribution in [3.63, 3.8) is 0 Å². The molecule has 1 fully saturated rings. The van der Waals surface area contributed by atoms with E-state index in [1.165, 1.54) is 0 Å². The normalized spacial score (nSPS) is 20.1. The molecule has 0 radical (unpaired) electrons. The summed E-state index contributed by atoms with van der Waals surface area (Å²) in [7, 11) is 0. The highest BCUT2D eigenvalue weighted by atomic mass is 16.5. The summed E-state index contributed by atoms with van der Waals surface area (Å²) in [5.41, 5.74) is 1.04. The minimum absolute atomic E-state index is 0.307. The first-order chi connectivity index (χ1) is 9.79. The van der Waals surface area contributed by atoms with Crippen molar-refractivity contribution in [1.29, 1.82) is 0 Å². The predicted molar refractivity (Wildman–Crippen MR) is 76.7 cm³/mol. The topological polar surface area (TPSA) is 52.2 Å². The summed E-state index contributed by atoms with van der Waals surface area (Å²) in [6.45, 7) is 3.87. The van der Waals surface area contributed by atoms with Gasteiger partial charge >= 0.3 is 0 Å². The highest BCUT2D eigenvalue weighted by Gasteiger charge is 2.16. The number of aromatic nitrogens is 2. The molecule has 1 saturated heterocycles. The van der Waals surface area contributed by atoms with E-state index in [1.54, 1.807) is 6.26 Å². The van der Waals surface area contributed by atoms with Gasteiger partial charge in [-0.05, 0) is 31.9 Å². The number of hydrogen-bond donors (Lipinski definition) is 1. The number of nitrogens with zero attached hydrogens (tertiary/aromatic N) is 2. The Labute approximate surface area is 118 Å². The molecule has 0 aliphatic carbocycles. The Morgan fingerprint density at radius 2 is 2.50 bits per heavy atom. The second kappa shape index (κ2) is 6.13. The quantitative estimate of drug-likeness (QED) is 0.880. The molecule has 3 heterocycles. The molecule has 108 valence electrons. The van der Waals surface area contributed by atoms with Gasteiger partial charge in [-0.1, -0.05) is 0 Å². The SMILES string of the molecule is CC(Cc1ccco1)Nc1cnn(CC2CCCO2)c1. The van der Waals surface area contributed by atoms with E-state index in [0.717, 1.165) is 43.9 Å². The number of ether oxygens (including phenoxy) is 1. The number of anilines is 1. The predicted octanol–water partition coefficient (Wildman–Crippen LogP) is 2.70. The van der Waals surface area contributed by atoms with E-state index in [-0.39, 0.29) is 0 Å². The maximum absolute atomic E-state index is 5.62. The van der Waals surface area contributed by atoms with Crippen molar-refractivity contribution in [1.82, 2.24) is 9.78 Å². The largest absolute Gasteiger partial charge is 0.469 e. The lowest BCUT2D eigenvalue weighted by Crippen LogP contribution is -2.17. The lowest BCUT2D eigenvalue weighted by molar-refractivity contribution is 0.0940. The Morgan fingerprint density at radius 3 is 3.25 bits per heavy atom. The molecule has 0 bridgehead atoms. The zero-order valence-corrected chi connectivity index (χ0v) is 11.8. The van der Waals surface area contributed by atoms with Gasteiger partial charge in [0.05, 0.1) is 30.8 Å². The molecule has 1 aliphatic heterocycles. The fourth-order valence-electron chi connectivity index (χ4n) is 2.60. The molecule has 0 aromatic carbocycles. The summed E-state index contributed by atoms with van der Waals surface area (Å²) in [5, 5.41) is 7.82. The van der Waals surface area contributed by atoms with Crippen molar-refractivity contribution in [3.8, 4) is 0 Å². The van der Waals surface area contributed by atoms with E-state index in [0.29, 0.717) is 12.1 Å². The third-order valence-electron chi connectivity index (χ3n) is 3.55. The standard InChI is InChI=1S/C15H21N3O2/c1-12(8-14-4-2-6-19-14)17-13-9-16-18(10-13)11-15-5-3-7-20-15/h2,4,6,9-10,12,15,17H,3,5,7-8,11H2,1H3. The van der Waals surface area contributed by atoms with E-state index >= 15 is 0 Å². The highest BCUT2D eigenvalue weighted by molar-refractivity contribution is 5.39. The summed E-state index contributed by atoms with van der Waals surface area (Å²) >= 11 is 0. The smallest absolute Gasteiger partial charge is 0.105 e. The van der Waals surface area contributed by atoms with Crippen LogP contribution in [0.3, 0.4) is 0 Å². The summed E-state index contributed by atoms with van der Waals surface area (Å²) in [6, 6.07) is 4.22. The van der Waals surface area contributed by atoms with E-state index < -0.39 is 0 Å². The van der Waals surface area contributed by atoms with Gasteiger partial charge in [0, 0.05) is 25.3 Å². The molecule has 2 atom stereocenters. The molecule has 1 aliphatic rings. The second-order valence-electron chi connectivity index (χ2n) is 5.41. The molecule has 1 N–H and O–H groups in total. The molecule has 2 unspecified atom stereocenters. The van der Waals surface area contributed by atoms with E-state index in [1.807, 2.05) is 29.2 Å². The minimum atomic E-state index is 0.307. The van der Waals surface area contributed by atoms with Gasteiger partial charge in [0.1, 0.15) is 5.76 Å². The molecular weight excluding hydrogens is 254 g/mol. The molecule has 2 aromatic rings. The van der Waals surface area contributed by atoms with Gasteiger partial charge in [0.2, 0.25) is 0 Å². The monoisotopic (exact) mass is 275 g/mol. The molecule has 5 heteroatoms. The molecule has 0 saturated carbocycles. The maximum atomic E-state index is 5.62. The Kier molecular flexibility index (Phi) is 4.06. The van der Waals surface area contributed by atoms with Crippen molar-refractivity contribution >= 4 is 5.69 Å². The van der Waals surface area contributed by atoms with Gasteiger partial charge in [-0.25, -0.2) is 0 Å². The van der Waals surface area contributed by atoms with Gasteiger partial charge < -0.3 is 14.5 Å². The van der Waals surface area contributed by atoms with Crippen LogP contribution in [-0.4, -0.2) is 28.5 Å². The fourth-order valence-corrected chi connectivity index (χ4v) is 2.60. The third kappa shape index (κ3) is 3.42. The van der Waals surface area contributed by atoms with E-state index in [9.17, 15) is 0 Å². The first-order valence-corrected chi connectivity index (χ1v) is 7.22. The van der Waals surface area contributed by atoms with Crippen LogP contribution in [0.5, 0.6) is 0 Å². The second-order valence-corrected chi connectivity index (χ2v) is 5.41. The van der Waals surface area contributed by atoms with Crippen molar-refractivity contribution in [2.24, 2.45) is 0 Å². The van der Waals surface area contributed by atoms with Crippen LogP contribution < -0.4 is 5.32 Å². The fraction of sp³-hybridized carbons (Fsp3) is 0.533. The molecule has 0 amide bonds.